The van der Waals surface area contributed by atoms with Crippen molar-refractivity contribution in [2.24, 2.45) is 4.99 Å². The van der Waals surface area contributed by atoms with Gasteiger partial charge in [0.2, 0.25) is 0 Å². The first-order chi connectivity index (χ1) is 12.1. The molecule has 0 spiro atoms. The van der Waals surface area contributed by atoms with Crippen molar-refractivity contribution in [3.63, 3.8) is 0 Å². The standard InChI is InChI=1S/C20H20N2OS2/c1-4-23-16-12-8-7-11-15(16)21-19-17-13-9-5-6-10-14(13)22-20(2,3)18(17)24-25-19/h5-12,22H,4H2,1-3H3. The van der Waals surface area contributed by atoms with Crippen LogP contribution in [0.3, 0.4) is 0 Å². The molecular weight excluding hydrogens is 348 g/mol. The van der Waals surface area contributed by atoms with Crippen LogP contribution in [0.1, 0.15) is 25.6 Å². The fraction of sp³-hybridized carbons (Fsp3) is 0.250. The van der Waals surface area contributed by atoms with E-state index in [1.54, 1.807) is 20.7 Å². The Morgan fingerprint density at radius 2 is 1.80 bits per heavy atom. The smallest absolute Gasteiger partial charge is 0.144 e. The fourth-order valence-corrected chi connectivity index (χ4v) is 6.06. The van der Waals surface area contributed by atoms with Crippen molar-refractivity contribution < 1.29 is 4.74 Å². The Bertz CT molecular complexity index is 985. The second-order valence-electron chi connectivity index (χ2n) is 6.48. The molecule has 0 atom stereocenters. The molecule has 3 nitrogen and oxygen atoms in total. The van der Waals surface area contributed by atoms with E-state index >= 15 is 0 Å². The minimum Gasteiger partial charge on any atom is -0.492 e. The first-order valence-corrected chi connectivity index (χ1v) is 10.5. The van der Waals surface area contributed by atoms with Crippen molar-refractivity contribution in [1.82, 2.24) is 0 Å². The molecule has 1 N–H and O–H groups in total. The van der Waals surface area contributed by atoms with Crippen molar-refractivity contribution >= 4 is 32.1 Å². The number of hydrogen-bond acceptors (Lipinski definition) is 5. The molecule has 0 aliphatic carbocycles. The lowest BCUT2D eigenvalue weighted by Crippen LogP contribution is -2.31. The topological polar surface area (TPSA) is 33.6 Å². The van der Waals surface area contributed by atoms with Gasteiger partial charge in [-0.25, -0.2) is 4.99 Å². The largest absolute Gasteiger partial charge is 0.492 e. The molecule has 3 aromatic rings. The zero-order chi connectivity index (χ0) is 17.4. The molecule has 2 aromatic carbocycles. The summed E-state index contributed by atoms with van der Waals surface area (Å²) in [6.07, 6.45) is 0. The molecule has 2 heterocycles. The summed E-state index contributed by atoms with van der Waals surface area (Å²) in [6, 6.07) is 16.4. The monoisotopic (exact) mass is 368 g/mol. The molecule has 25 heavy (non-hydrogen) atoms. The third-order valence-corrected chi connectivity index (χ3v) is 6.88. The highest BCUT2D eigenvalue weighted by atomic mass is 32.9. The number of rotatable bonds is 3. The van der Waals surface area contributed by atoms with Crippen LogP contribution in [0.4, 0.5) is 11.4 Å². The van der Waals surface area contributed by atoms with E-state index in [9.17, 15) is 0 Å². The third-order valence-electron chi connectivity index (χ3n) is 4.24. The molecule has 4 rings (SSSR count). The van der Waals surface area contributed by atoms with Crippen molar-refractivity contribution in [3.05, 3.63) is 58.1 Å². The predicted octanol–water partition coefficient (Wildman–Crippen LogP) is 5.77. The van der Waals surface area contributed by atoms with Crippen LogP contribution in [-0.4, -0.2) is 6.61 Å². The number of ether oxygens (including phenoxy) is 1. The highest BCUT2D eigenvalue weighted by molar-refractivity contribution is 7.68. The zero-order valence-corrected chi connectivity index (χ0v) is 16.1. The summed E-state index contributed by atoms with van der Waals surface area (Å²) >= 11 is 0. The third kappa shape index (κ3) is 2.87. The normalized spacial score (nSPS) is 15.2. The van der Waals surface area contributed by atoms with Gasteiger partial charge in [-0.1, -0.05) is 51.0 Å². The van der Waals surface area contributed by atoms with E-state index < -0.39 is 0 Å². The summed E-state index contributed by atoms with van der Waals surface area (Å²) < 4.78 is 6.79. The Labute approximate surface area is 155 Å². The summed E-state index contributed by atoms with van der Waals surface area (Å²) in [4.78, 5) is 6.31. The maximum absolute atomic E-state index is 5.74. The summed E-state index contributed by atoms with van der Waals surface area (Å²) in [7, 11) is 3.54. The van der Waals surface area contributed by atoms with Gasteiger partial charge in [0.1, 0.15) is 16.1 Å². The van der Waals surface area contributed by atoms with E-state index in [0.717, 1.165) is 16.1 Å². The first kappa shape index (κ1) is 16.4. The summed E-state index contributed by atoms with van der Waals surface area (Å²) in [5.41, 5.74) is 4.43. The lowest BCUT2D eigenvalue weighted by atomic mass is 9.90. The second-order valence-corrected chi connectivity index (χ2v) is 8.61. The summed E-state index contributed by atoms with van der Waals surface area (Å²) in [5.74, 6) is 0.832. The van der Waals surface area contributed by atoms with Gasteiger partial charge < -0.3 is 10.1 Å². The van der Waals surface area contributed by atoms with Gasteiger partial charge in [0, 0.05) is 16.8 Å². The molecule has 0 saturated heterocycles. The molecule has 128 valence electrons. The molecule has 5 heteroatoms. The van der Waals surface area contributed by atoms with E-state index in [0.29, 0.717) is 6.61 Å². The average molecular weight is 369 g/mol. The van der Waals surface area contributed by atoms with Gasteiger partial charge in [-0.3, -0.25) is 0 Å². The van der Waals surface area contributed by atoms with Gasteiger partial charge in [0.25, 0.3) is 0 Å². The zero-order valence-electron chi connectivity index (χ0n) is 14.5. The number of anilines is 1. The van der Waals surface area contributed by atoms with Gasteiger partial charge in [-0.2, -0.15) is 0 Å². The van der Waals surface area contributed by atoms with Crippen LogP contribution in [0.15, 0.2) is 53.5 Å². The van der Waals surface area contributed by atoms with Crippen LogP contribution in [0, 0.1) is 0 Å². The quantitative estimate of drug-likeness (QED) is 0.596. The maximum atomic E-state index is 5.74. The molecular formula is C20H20N2OS2. The Morgan fingerprint density at radius 1 is 1.04 bits per heavy atom. The number of hydrogen-bond donors (Lipinski definition) is 1. The predicted molar refractivity (Wildman–Crippen MR) is 107 cm³/mol. The van der Waals surface area contributed by atoms with Crippen molar-refractivity contribution in [2.45, 2.75) is 26.3 Å². The highest BCUT2D eigenvalue weighted by Gasteiger charge is 2.33. The fourth-order valence-electron chi connectivity index (χ4n) is 3.13. The minimum atomic E-state index is -0.0991. The van der Waals surface area contributed by atoms with E-state index in [4.69, 9.17) is 9.73 Å². The van der Waals surface area contributed by atoms with Crippen molar-refractivity contribution in [1.29, 1.82) is 0 Å². The van der Waals surface area contributed by atoms with Crippen molar-refractivity contribution in [2.75, 3.05) is 11.9 Å². The molecule has 0 saturated carbocycles. The van der Waals surface area contributed by atoms with Gasteiger partial charge in [0.05, 0.1) is 17.0 Å². The second kappa shape index (κ2) is 6.32. The Kier molecular flexibility index (Phi) is 4.13. The Balaban J connectivity index is 1.95. The molecule has 0 amide bonds. The van der Waals surface area contributed by atoms with Gasteiger partial charge in [-0.05, 0) is 39.0 Å². The first-order valence-electron chi connectivity index (χ1n) is 8.38. The van der Waals surface area contributed by atoms with Crippen LogP contribution >= 0.6 is 20.7 Å². The van der Waals surface area contributed by atoms with E-state index in [2.05, 4.69) is 43.4 Å². The van der Waals surface area contributed by atoms with Crippen LogP contribution in [-0.2, 0) is 5.54 Å². The van der Waals surface area contributed by atoms with Gasteiger partial charge in [-0.15, -0.1) is 0 Å². The minimum absolute atomic E-state index is 0.0991. The molecule has 1 aromatic heterocycles. The maximum Gasteiger partial charge on any atom is 0.144 e. The number of nitrogens with one attached hydrogen (secondary N) is 1. The number of nitrogens with zero attached hydrogens (tertiary/aromatic N) is 1. The van der Waals surface area contributed by atoms with E-state index in [1.165, 1.54) is 21.7 Å². The van der Waals surface area contributed by atoms with Crippen LogP contribution in [0.2, 0.25) is 0 Å². The SMILES string of the molecule is CCOc1ccccc1N=c1ssc2c1-c1ccccc1NC2(C)C. The lowest BCUT2D eigenvalue weighted by molar-refractivity contribution is 0.341. The average Bonchev–Trinajstić information content (AvgIpc) is 3.02. The molecule has 0 bridgehead atoms. The summed E-state index contributed by atoms with van der Waals surface area (Å²) in [6.45, 7) is 7.08. The van der Waals surface area contributed by atoms with Crippen molar-refractivity contribution in [3.8, 4) is 16.9 Å². The molecule has 1 aliphatic rings. The molecule has 0 radical (unpaired) electrons. The van der Waals surface area contributed by atoms with E-state index in [1.807, 2.05) is 31.2 Å². The molecule has 1 aliphatic heterocycles. The Morgan fingerprint density at radius 3 is 2.64 bits per heavy atom. The number of benzene rings is 2. The molecule has 0 unspecified atom stereocenters. The van der Waals surface area contributed by atoms with Crippen LogP contribution in [0.25, 0.3) is 11.1 Å². The molecule has 0 fully saturated rings. The van der Waals surface area contributed by atoms with E-state index in [-0.39, 0.29) is 5.54 Å². The number of fused-ring (bicyclic) bond motifs is 3. The Hall–Kier alpha value is -2.11. The van der Waals surface area contributed by atoms with Crippen LogP contribution in [0.5, 0.6) is 5.75 Å². The van der Waals surface area contributed by atoms with Gasteiger partial charge in [0.15, 0.2) is 0 Å². The van der Waals surface area contributed by atoms with Gasteiger partial charge >= 0.3 is 0 Å². The van der Waals surface area contributed by atoms with Crippen LogP contribution < -0.4 is 14.7 Å². The lowest BCUT2D eigenvalue weighted by Gasteiger charge is -2.33. The highest BCUT2D eigenvalue weighted by Crippen LogP contribution is 2.45. The summed E-state index contributed by atoms with van der Waals surface area (Å²) in [5, 5.41) is 3.65. The number of para-hydroxylation sites is 3.